The van der Waals surface area contributed by atoms with Crippen molar-refractivity contribution in [2.75, 3.05) is 11.9 Å². The maximum atomic E-state index is 12.2. The second-order valence-corrected chi connectivity index (χ2v) is 4.65. The van der Waals surface area contributed by atoms with E-state index in [2.05, 4.69) is 32.5 Å². The normalized spacial score (nSPS) is 10.2. The Balaban J connectivity index is 2.03. The van der Waals surface area contributed by atoms with Gasteiger partial charge in [-0.25, -0.2) is 9.97 Å². The Morgan fingerprint density at radius 1 is 1.24 bits per heavy atom. The second-order valence-electron chi connectivity index (χ2n) is 4.65. The molecule has 0 aliphatic rings. The molecule has 6 heteroatoms. The summed E-state index contributed by atoms with van der Waals surface area (Å²) in [5.74, 6) is 1.04. The molecule has 2 rings (SSSR count). The number of aryl methyl sites for hydroxylation is 1. The monoisotopic (exact) mass is 285 g/mol. The largest absolute Gasteiger partial charge is 0.370 e. The average molecular weight is 285 g/mol. The molecule has 0 aliphatic carbocycles. The van der Waals surface area contributed by atoms with Crippen molar-refractivity contribution in [1.82, 2.24) is 20.3 Å². The number of anilines is 1. The van der Waals surface area contributed by atoms with Gasteiger partial charge in [-0.1, -0.05) is 6.92 Å². The highest BCUT2D eigenvalue weighted by atomic mass is 16.1. The Hall–Kier alpha value is -2.50. The number of nitrogens with one attached hydrogen (secondary N) is 2. The van der Waals surface area contributed by atoms with Crippen LogP contribution >= 0.6 is 0 Å². The molecule has 0 bridgehead atoms. The van der Waals surface area contributed by atoms with Crippen LogP contribution in [0.3, 0.4) is 0 Å². The fraction of sp³-hybridized carbons (Fsp3) is 0.333. The Labute approximate surface area is 124 Å². The highest BCUT2D eigenvalue weighted by Crippen LogP contribution is 2.07. The van der Waals surface area contributed by atoms with E-state index in [1.807, 2.05) is 12.1 Å². The van der Waals surface area contributed by atoms with Gasteiger partial charge in [-0.2, -0.15) is 0 Å². The number of aromatic nitrogens is 3. The van der Waals surface area contributed by atoms with Gasteiger partial charge in [0.25, 0.3) is 5.91 Å². The third kappa shape index (κ3) is 4.52. The van der Waals surface area contributed by atoms with Gasteiger partial charge in [0.2, 0.25) is 0 Å². The number of carbonyl (C=O) groups is 1. The number of rotatable bonds is 6. The lowest BCUT2D eigenvalue weighted by Gasteiger charge is -2.08. The van der Waals surface area contributed by atoms with Crippen molar-refractivity contribution in [3.8, 4) is 0 Å². The molecule has 0 aromatic carbocycles. The van der Waals surface area contributed by atoms with Crippen LogP contribution in [-0.2, 0) is 6.54 Å². The molecule has 0 atom stereocenters. The third-order valence-electron chi connectivity index (χ3n) is 2.83. The van der Waals surface area contributed by atoms with Crippen LogP contribution in [0.1, 0.15) is 35.2 Å². The van der Waals surface area contributed by atoms with Crippen LogP contribution in [-0.4, -0.2) is 27.4 Å². The Kier molecular flexibility index (Phi) is 5.20. The van der Waals surface area contributed by atoms with Crippen molar-refractivity contribution in [2.24, 2.45) is 0 Å². The number of pyridine rings is 1. The van der Waals surface area contributed by atoms with Gasteiger partial charge in [-0.15, -0.1) is 0 Å². The van der Waals surface area contributed by atoms with E-state index in [1.54, 1.807) is 25.4 Å². The van der Waals surface area contributed by atoms with E-state index >= 15 is 0 Å². The highest BCUT2D eigenvalue weighted by molar-refractivity contribution is 5.92. The summed E-state index contributed by atoms with van der Waals surface area (Å²) in [6.45, 7) is 5.11. The van der Waals surface area contributed by atoms with Gasteiger partial charge in [0.05, 0.1) is 0 Å². The maximum absolute atomic E-state index is 12.2. The lowest BCUT2D eigenvalue weighted by molar-refractivity contribution is 0.0945. The fourth-order valence-corrected chi connectivity index (χ4v) is 1.80. The average Bonchev–Trinajstić information content (AvgIpc) is 2.51. The summed E-state index contributed by atoms with van der Waals surface area (Å²) in [6, 6.07) is 5.39. The minimum atomic E-state index is -0.211. The highest BCUT2D eigenvalue weighted by Gasteiger charge is 2.10. The van der Waals surface area contributed by atoms with Gasteiger partial charge in [-0.05, 0) is 31.0 Å². The Morgan fingerprint density at radius 2 is 2.00 bits per heavy atom. The van der Waals surface area contributed by atoms with Crippen LogP contribution in [0.4, 0.5) is 5.82 Å². The molecule has 2 aromatic heterocycles. The topological polar surface area (TPSA) is 79.8 Å². The van der Waals surface area contributed by atoms with Gasteiger partial charge >= 0.3 is 0 Å². The molecule has 0 radical (unpaired) electrons. The predicted octanol–water partition coefficient (Wildman–Crippen LogP) is 1.93. The van der Waals surface area contributed by atoms with Gasteiger partial charge in [-0.3, -0.25) is 9.78 Å². The lowest BCUT2D eigenvalue weighted by Crippen LogP contribution is -2.24. The molecular formula is C15H19N5O. The van der Waals surface area contributed by atoms with Crippen molar-refractivity contribution in [3.63, 3.8) is 0 Å². The first-order valence-corrected chi connectivity index (χ1v) is 6.95. The summed E-state index contributed by atoms with van der Waals surface area (Å²) in [5.41, 5.74) is 1.36. The molecule has 2 N–H and O–H groups in total. The maximum Gasteiger partial charge on any atom is 0.270 e. The predicted molar refractivity (Wildman–Crippen MR) is 81.0 cm³/mol. The number of hydrogen-bond acceptors (Lipinski definition) is 5. The first-order chi connectivity index (χ1) is 10.2. The zero-order valence-corrected chi connectivity index (χ0v) is 12.3. The summed E-state index contributed by atoms with van der Waals surface area (Å²) in [4.78, 5) is 24.5. The number of nitrogens with zero attached hydrogens (tertiary/aromatic N) is 3. The SMILES string of the molecule is CCCNc1cc(C(=O)NCc2ccncc2)nc(C)n1. The van der Waals surface area contributed by atoms with E-state index in [0.29, 0.717) is 23.9 Å². The van der Waals surface area contributed by atoms with E-state index in [4.69, 9.17) is 0 Å². The fourth-order valence-electron chi connectivity index (χ4n) is 1.80. The molecule has 6 nitrogen and oxygen atoms in total. The minimum absolute atomic E-state index is 0.211. The summed E-state index contributed by atoms with van der Waals surface area (Å²) in [7, 11) is 0. The van der Waals surface area contributed by atoms with E-state index < -0.39 is 0 Å². The van der Waals surface area contributed by atoms with Gasteiger partial charge in [0.15, 0.2) is 0 Å². The molecule has 0 unspecified atom stereocenters. The summed E-state index contributed by atoms with van der Waals surface area (Å²) in [6.07, 6.45) is 4.39. The molecule has 1 amide bonds. The third-order valence-corrected chi connectivity index (χ3v) is 2.83. The molecule has 2 heterocycles. The summed E-state index contributed by atoms with van der Waals surface area (Å²) in [5, 5.41) is 6.01. The molecule has 0 fully saturated rings. The summed E-state index contributed by atoms with van der Waals surface area (Å²) < 4.78 is 0. The first kappa shape index (κ1) is 14.9. The van der Waals surface area contributed by atoms with E-state index in [9.17, 15) is 4.79 Å². The van der Waals surface area contributed by atoms with Crippen molar-refractivity contribution in [2.45, 2.75) is 26.8 Å². The minimum Gasteiger partial charge on any atom is -0.370 e. The molecule has 21 heavy (non-hydrogen) atoms. The molecular weight excluding hydrogens is 266 g/mol. The Morgan fingerprint density at radius 3 is 2.71 bits per heavy atom. The van der Waals surface area contributed by atoms with E-state index in [0.717, 1.165) is 18.5 Å². The standard InChI is InChI=1S/C15H19N5O/c1-3-6-17-14-9-13(19-11(2)20-14)15(21)18-10-12-4-7-16-8-5-12/h4-5,7-9H,3,6,10H2,1-2H3,(H,18,21)(H,17,19,20). The van der Waals surface area contributed by atoms with Crippen molar-refractivity contribution < 1.29 is 4.79 Å². The van der Waals surface area contributed by atoms with E-state index in [-0.39, 0.29) is 5.91 Å². The first-order valence-electron chi connectivity index (χ1n) is 6.95. The van der Waals surface area contributed by atoms with Gasteiger partial charge < -0.3 is 10.6 Å². The zero-order valence-electron chi connectivity index (χ0n) is 12.3. The number of carbonyl (C=O) groups excluding carboxylic acids is 1. The molecule has 0 spiro atoms. The quantitative estimate of drug-likeness (QED) is 0.847. The van der Waals surface area contributed by atoms with Gasteiger partial charge in [0, 0.05) is 31.5 Å². The van der Waals surface area contributed by atoms with Crippen LogP contribution in [0.15, 0.2) is 30.6 Å². The van der Waals surface area contributed by atoms with Crippen molar-refractivity contribution >= 4 is 11.7 Å². The number of hydrogen-bond donors (Lipinski definition) is 2. The number of amides is 1. The van der Waals surface area contributed by atoms with Crippen molar-refractivity contribution in [1.29, 1.82) is 0 Å². The Bertz CT molecular complexity index is 600. The van der Waals surface area contributed by atoms with Crippen LogP contribution in [0.2, 0.25) is 0 Å². The van der Waals surface area contributed by atoms with E-state index in [1.165, 1.54) is 0 Å². The van der Waals surface area contributed by atoms with Gasteiger partial charge in [0.1, 0.15) is 17.3 Å². The smallest absolute Gasteiger partial charge is 0.270 e. The van der Waals surface area contributed by atoms with Crippen LogP contribution in [0, 0.1) is 6.92 Å². The zero-order chi connectivity index (χ0) is 15.1. The molecule has 0 aliphatic heterocycles. The van der Waals surface area contributed by atoms with Crippen LogP contribution in [0.25, 0.3) is 0 Å². The molecule has 2 aromatic rings. The molecule has 0 saturated carbocycles. The summed E-state index contributed by atoms with van der Waals surface area (Å²) >= 11 is 0. The van der Waals surface area contributed by atoms with Crippen LogP contribution < -0.4 is 10.6 Å². The van der Waals surface area contributed by atoms with Crippen LogP contribution in [0.5, 0.6) is 0 Å². The molecule has 0 saturated heterocycles. The van der Waals surface area contributed by atoms with Crippen molar-refractivity contribution in [3.05, 3.63) is 47.7 Å². The second kappa shape index (κ2) is 7.33. The lowest BCUT2D eigenvalue weighted by atomic mass is 10.2. The molecule has 110 valence electrons.